The van der Waals surface area contributed by atoms with E-state index in [0.717, 1.165) is 55.2 Å². The van der Waals surface area contributed by atoms with E-state index >= 15 is 0 Å². The molecule has 2 heterocycles. The summed E-state index contributed by atoms with van der Waals surface area (Å²) in [6.07, 6.45) is 1.80. The van der Waals surface area contributed by atoms with Gasteiger partial charge in [0.25, 0.3) is 0 Å². The predicted molar refractivity (Wildman–Crippen MR) is 97.9 cm³/mol. The van der Waals surface area contributed by atoms with Crippen LogP contribution < -0.4 is 10.1 Å². The summed E-state index contributed by atoms with van der Waals surface area (Å²) in [7, 11) is 3.78. The molecule has 7 nitrogen and oxygen atoms in total. The number of aromatic amines is 1. The van der Waals surface area contributed by atoms with Gasteiger partial charge in [0.05, 0.1) is 24.7 Å². The van der Waals surface area contributed by atoms with Crippen molar-refractivity contribution < 1.29 is 9.53 Å². The van der Waals surface area contributed by atoms with Crippen molar-refractivity contribution in [2.75, 3.05) is 53.4 Å². The lowest BCUT2D eigenvalue weighted by molar-refractivity contribution is -0.122. The lowest BCUT2D eigenvalue weighted by Crippen LogP contribution is -2.39. The second-order valence-corrected chi connectivity index (χ2v) is 6.60. The van der Waals surface area contributed by atoms with E-state index in [4.69, 9.17) is 4.74 Å². The molecule has 0 atom stereocenters. The molecule has 7 heteroatoms. The Bertz CT molecular complexity index is 715. The summed E-state index contributed by atoms with van der Waals surface area (Å²) >= 11 is 0. The van der Waals surface area contributed by atoms with E-state index in [1.807, 2.05) is 18.2 Å². The number of aromatic nitrogens is 2. The predicted octanol–water partition coefficient (Wildman–Crippen LogP) is 0.868. The highest BCUT2D eigenvalue weighted by Gasteiger charge is 2.14. The molecule has 0 unspecified atom stereocenters. The van der Waals surface area contributed by atoms with Crippen LogP contribution in [0.4, 0.5) is 0 Å². The fraction of sp³-hybridized carbons (Fsp3) is 0.556. The highest BCUT2D eigenvalue weighted by Crippen LogP contribution is 2.18. The first-order valence-corrected chi connectivity index (χ1v) is 8.84. The monoisotopic (exact) mass is 345 g/mol. The maximum absolute atomic E-state index is 12.1. The Hall–Kier alpha value is -2.12. The molecule has 0 spiro atoms. The van der Waals surface area contributed by atoms with Gasteiger partial charge in [-0.25, -0.2) is 4.98 Å². The van der Waals surface area contributed by atoms with Crippen LogP contribution in [0.15, 0.2) is 18.2 Å². The summed E-state index contributed by atoms with van der Waals surface area (Å²) in [6.45, 7) is 5.14. The molecule has 0 aliphatic carbocycles. The zero-order valence-corrected chi connectivity index (χ0v) is 15.0. The van der Waals surface area contributed by atoms with Gasteiger partial charge in [-0.3, -0.25) is 9.69 Å². The molecule has 136 valence electrons. The van der Waals surface area contributed by atoms with E-state index in [0.29, 0.717) is 19.5 Å². The SMILES string of the molecule is COc1ccc2nc(CCNC(=O)CN3CCCN(C)CC3)[nH]c2c1. The summed E-state index contributed by atoms with van der Waals surface area (Å²) < 4.78 is 5.22. The van der Waals surface area contributed by atoms with Gasteiger partial charge in [-0.15, -0.1) is 0 Å². The van der Waals surface area contributed by atoms with E-state index in [1.165, 1.54) is 0 Å². The maximum atomic E-state index is 12.1. The average molecular weight is 345 g/mol. The van der Waals surface area contributed by atoms with Gasteiger partial charge in [0.15, 0.2) is 0 Å². The number of imidazole rings is 1. The number of ether oxygens (including phenoxy) is 1. The van der Waals surface area contributed by atoms with Crippen LogP contribution in [-0.4, -0.2) is 79.1 Å². The van der Waals surface area contributed by atoms with Crippen molar-refractivity contribution in [3.8, 4) is 5.75 Å². The second-order valence-electron chi connectivity index (χ2n) is 6.60. The second kappa shape index (κ2) is 8.31. The third-order valence-electron chi connectivity index (χ3n) is 4.60. The molecule has 1 aliphatic rings. The molecule has 2 N–H and O–H groups in total. The number of rotatable bonds is 6. The summed E-state index contributed by atoms with van der Waals surface area (Å²) in [6, 6.07) is 5.76. The van der Waals surface area contributed by atoms with Gasteiger partial charge in [-0.2, -0.15) is 0 Å². The standard InChI is InChI=1S/C18H27N5O2/c1-22-8-3-9-23(11-10-22)13-18(24)19-7-6-17-20-15-5-4-14(25-2)12-16(15)21-17/h4-5,12H,3,6-11,13H2,1-2H3,(H,19,24)(H,20,21). The van der Waals surface area contributed by atoms with Crippen molar-refractivity contribution in [3.63, 3.8) is 0 Å². The average Bonchev–Trinajstić information content (AvgIpc) is 2.89. The molecule has 2 aromatic rings. The van der Waals surface area contributed by atoms with Crippen LogP contribution in [0.2, 0.25) is 0 Å². The molecule has 0 radical (unpaired) electrons. The van der Waals surface area contributed by atoms with Gasteiger partial charge < -0.3 is 19.9 Å². The Morgan fingerprint density at radius 2 is 2.20 bits per heavy atom. The summed E-state index contributed by atoms with van der Waals surface area (Å²) in [5, 5.41) is 3.00. The van der Waals surface area contributed by atoms with Crippen molar-refractivity contribution in [2.24, 2.45) is 0 Å². The Balaban J connectivity index is 1.45. The molecule has 1 aromatic heterocycles. The van der Waals surface area contributed by atoms with Gasteiger partial charge in [0, 0.05) is 32.1 Å². The Morgan fingerprint density at radius 1 is 1.32 bits per heavy atom. The number of fused-ring (bicyclic) bond motifs is 1. The molecule has 1 saturated heterocycles. The molecule has 3 rings (SSSR count). The minimum Gasteiger partial charge on any atom is -0.497 e. The number of carbonyl (C=O) groups excluding carboxylic acids is 1. The summed E-state index contributed by atoms with van der Waals surface area (Å²) in [4.78, 5) is 24.5. The Labute approximate surface area is 148 Å². The number of benzene rings is 1. The molecular weight excluding hydrogens is 318 g/mol. The van der Waals surface area contributed by atoms with E-state index in [9.17, 15) is 4.79 Å². The molecule has 1 aliphatic heterocycles. The fourth-order valence-corrected chi connectivity index (χ4v) is 3.12. The number of H-pyrrole nitrogens is 1. The molecule has 0 saturated carbocycles. The lowest BCUT2D eigenvalue weighted by atomic mass is 10.3. The van der Waals surface area contributed by atoms with Gasteiger partial charge >= 0.3 is 0 Å². The number of methoxy groups -OCH3 is 1. The van der Waals surface area contributed by atoms with E-state index in [2.05, 4.69) is 32.1 Å². The number of hydrogen-bond donors (Lipinski definition) is 2. The largest absolute Gasteiger partial charge is 0.497 e. The van der Waals surface area contributed by atoms with Gasteiger partial charge in [0.1, 0.15) is 11.6 Å². The first-order chi connectivity index (χ1) is 12.1. The number of hydrogen-bond acceptors (Lipinski definition) is 5. The smallest absolute Gasteiger partial charge is 0.234 e. The van der Waals surface area contributed by atoms with Crippen molar-refractivity contribution >= 4 is 16.9 Å². The third-order valence-corrected chi connectivity index (χ3v) is 4.60. The Kier molecular flexibility index (Phi) is 5.88. The zero-order valence-electron chi connectivity index (χ0n) is 15.0. The molecule has 1 amide bonds. The number of nitrogens with one attached hydrogen (secondary N) is 2. The zero-order chi connectivity index (χ0) is 17.6. The third kappa shape index (κ3) is 4.93. The summed E-state index contributed by atoms with van der Waals surface area (Å²) in [5.41, 5.74) is 1.87. The number of carbonyl (C=O) groups is 1. The first-order valence-electron chi connectivity index (χ1n) is 8.84. The van der Waals surface area contributed by atoms with Gasteiger partial charge in [0.2, 0.25) is 5.91 Å². The van der Waals surface area contributed by atoms with Crippen LogP contribution in [0, 0.1) is 0 Å². The van der Waals surface area contributed by atoms with Crippen molar-refractivity contribution in [2.45, 2.75) is 12.8 Å². The first kappa shape index (κ1) is 17.7. The van der Waals surface area contributed by atoms with Gasteiger partial charge in [-0.05, 0) is 38.7 Å². The highest BCUT2D eigenvalue weighted by molar-refractivity contribution is 5.78. The number of nitrogens with zero attached hydrogens (tertiary/aromatic N) is 3. The molecular formula is C18H27N5O2. The Morgan fingerprint density at radius 3 is 3.04 bits per heavy atom. The van der Waals surface area contributed by atoms with Crippen LogP contribution in [0.25, 0.3) is 11.0 Å². The molecule has 1 aromatic carbocycles. The van der Waals surface area contributed by atoms with Crippen molar-refractivity contribution in [1.29, 1.82) is 0 Å². The van der Waals surface area contributed by atoms with Gasteiger partial charge in [-0.1, -0.05) is 0 Å². The molecule has 25 heavy (non-hydrogen) atoms. The lowest BCUT2D eigenvalue weighted by Gasteiger charge is -2.19. The minimum absolute atomic E-state index is 0.0855. The van der Waals surface area contributed by atoms with Crippen LogP contribution in [0.3, 0.4) is 0 Å². The van der Waals surface area contributed by atoms with Crippen LogP contribution >= 0.6 is 0 Å². The molecule has 0 bridgehead atoms. The normalized spacial score (nSPS) is 16.7. The fourth-order valence-electron chi connectivity index (χ4n) is 3.12. The molecule has 1 fully saturated rings. The van der Waals surface area contributed by atoms with Crippen molar-refractivity contribution in [1.82, 2.24) is 25.1 Å². The summed E-state index contributed by atoms with van der Waals surface area (Å²) in [5.74, 6) is 1.77. The maximum Gasteiger partial charge on any atom is 0.234 e. The topological polar surface area (TPSA) is 73.5 Å². The van der Waals surface area contributed by atoms with Crippen LogP contribution in [0.5, 0.6) is 5.75 Å². The minimum atomic E-state index is 0.0855. The van der Waals surface area contributed by atoms with E-state index < -0.39 is 0 Å². The van der Waals surface area contributed by atoms with E-state index in [1.54, 1.807) is 7.11 Å². The van der Waals surface area contributed by atoms with Crippen molar-refractivity contribution in [3.05, 3.63) is 24.0 Å². The number of likely N-dealkylation sites (N-methyl/N-ethyl adjacent to an activating group) is 1. The van der Waals surface area contributed by atoms with Crippen LogP contribution in [-0.2, 0) is 11.2 Å². The number of amides is 1. The van der Waals surface area contributed by atoms with E-state index in [-0.39, 0.29) is 5.91 Å². The highest BCUT2D eigenvalue weighted by atomic mass is 16.5. The van der Waals surface area contributed by atoms with Crippen LogP contribution in [0.1, 0.15) is 12.2 Å². The quantitative estimate of drug-likeness (QED) is 0.813.